The van der Waals surface area contributed by atoms with Gasteiger partial charge in [-0.15, -0.1) is 0 Å². The van der Waals surface area contributed by atoms with Crippen LogP contribution in [0.5, 0.6) is 11.5 Å². The molecule has 0 radical (unpaired) electrons. The maximum Gasteiger partial charge on any atom is 0.115 e. The highest BCUT2D eigenvalue weighted by atomic mass is 16.3. The summed E-state index contributed by atoms with van der Waals surface area (Å²) in [6.45, 7) is 8.47. The molecule has 0 aliphatic heterocycles. The van der Waals surface area contributed by atoms with Crippen LogP contribution in [0.4, 0.5) is 0 Å². The van der Waals surface area contributed by atoms with Crippen molar-refractivity contribution in [3.8, 4) is 11.5 Å². The molecule has 0 aromatic heterocycles. The minimum Gasteiger partial charge on any atom is -0.508 e. The summed E-state index contributed by atoms with van der Waals surface area (Å²) in [6, 6.07) is 11.1. The lowest BCUT2D eigenvalue weighted by Gasteiger charge is -2.24. The van der Waals surface area contributed by atoms with E-state index in [1.54, 1.807) is 12.1 Å². The molecule has 0 aliphatic carbocycles. The lowest BCUT2D eigenvalue weighted by molar-refractivity contribution is 0.472. The molecule has 0 bridgehead atoms. The fraction of sp³-hybridized carbons (Fsp3) is 0.333. The lowest BCUT2D eigenvalue weighted by Crippen LogP contribution is -2.07. The van der Waals surface area contributed by atoms with Crippen LogP contribution in [-0.4, -0.2) is 10.2 Å². The predicted octanol–water partition coefficient (Wildman–Crippen LogP) is 4.62. The Morgan fingerprint density at radius 3 is 1.35 bits per heavy atom. The van der Waals surface area contributed by atoms with Gasteiger partial charge in [0.1, 0.15) is 11.5 Å². The summed E-state index contributed by atoms with van der Waals surface area (Å²) in [4.78, 5) is 0. The maximum absolute atomic E-state index is 9.52. The van der Waals surface area contributed by atoms with E-state index < -0.39 is 0 Å². The van der Waals surface area contributed by atoms with Crippen LogP contribution in [0.25, 0.3) is 0 Å². The van der Waals surface area contributed by atoms with E-state index in [-0.39, 0.29) is 0 Å². The largest absolute Gasteiger partial charge is 0.508 e. The number of benzene rings is 2. The molecule has 2 nitrogen and oxygen atoms in total. The molecule has 2 aromatic rings. The van der Waals surface area contributed by atoms with E-state index in [4.69, 9.17) is 0 Å². The molecule has 0 saturated carbocycles. The summed E-state index contributed by atoms with van der Waals surface area (Å²) in [7, 11) is 0. The number of phenols is 2. The van der Waals surface area contributed by atoms with Crippen molar-refractivity contribution < 1.29 is 10.2 Å². The van der Waals surface area contributed by atoms with E-state index in [0.29, 0.717) is 23.3 Å². The Morgan fingerprint density at radius 2 is 1.05 bits per heavy atom. The molecule has 0 unspecified atom stereocenters. The van der Waals surface area contributed by atoms with Crippen molar-refractivity contribution in [1.29, 1.82) is 0 Å². The molecule has 2 aromatic carbocycles. The first-order valence-electron chi connectivity index (χ1n) is 6.99. The minimum absolute atomic E-state index is 0.312. The molecule has 106 valence electrons. The van der Waals surface area contributed by atoms with Crippen molar-refractivity contribution in [2.24, 2.45) is 0 Å². The topological polar surface area (TPSA) is 40.5 Å². The second kappa shape index (κ2) is 5.58. The maximum atomic E-state index is 9.52. The van der Waals surface area contributed by atoms with Crippen LogP contribution >= 0.6 is 0 Å². The van der Waals surface area contributed by atoms with Crippen LogP contribution in [0.15, 0.2) is 36.4 Å². The average Bonchev–Trinajstić information content (AvgIpc) is 2.37. The highest BCUT2D eigenvalue weighted by molar-refractivity contribution is 5.41. The van der Waals surface area contributed by atoms with Gasteiger partial charge in [0.05, 0.1) is 0 Å². The van der Waals surface area contributed by atoms with Gasteiger partial charge in [-0.1, -0.05) is 26.0 Å². The van der Waals surface area contributed by atoms with Crippen molar-refractivity contribution >= 4 is 0 Å². The molecule has 0 amide bonds. The Bertz CT molecular complexity index is 561. The van der Waals surface area contributed by atoms with Crippen LogP contribution in [0.1, 0.15) is 47.9 Å². The van der Waals surface area contributed by atoms with Gasteiger partial charge in [0, 0.05) is 0 Å². The minimum atomic E-state index is 0.312. The van der Waals surface area contributed by atoms with Crippen LogP contribution in [-0.2, 0) is 0 Å². The van der Waals surface area contributed by atoms with E-state index in [0.717, 1.165) is 11.1 Å². The quantitative estimate of drug-likeness (QED) is 0.854. The summed E-state index contributed by atoms with van der Waals surface area (Å²) in [5.41, 5.74) is 4.73. The Morgan fingerprint density at radius 1 is 0.700 bits per heavy atom. The normalized spacial score (nSPS) is 14.0. The number of phenolic OH excluding ortho intramolecular Hbond substituents is 2. The van der Waals surface area contributed by atoms with E-state index in [1.165, 1.54) is 11.1 Å². The van der Waals surface area contributed by atoms with Crippen molar-refractivity contribution in [3.05, 3.63) is 58.7 Å². The summed E-state index contributed by atoms with van der Waals surface area (Å²) in [6.07, 6.45) is 0. The number of aromatic hydroxyl groups is 2. The molecule has 20 heavy (non-hydrogen) atoms. The number of aryl methyl sites for hydroxylation is 2. The third-order valence-corrected chi connectivity index (χ3v) is 4.24. The zero-order valence-corrected chi connectivity index (χ0v) is 12.5. The number of hydrogen-bond acceptors (Lipinski definition) is 2. The van der Waals surface area contributed by atoms with E-state index >= 15 is 0 Å². The summed E-state index contributed by atoms with van der Waals surface area (Å²) >= 11 is 0. The summed E-state index contributed by atoms with van der Waals surface area (Å²) in [5.74, 6) is 1.32. The van der Waals surface area contributed by atoms with Crippen molar-refractivity contribution in [3.63, 3.8) is 0 Å². The lowest BCUT2D eigenvalue weighted by atomic mass is 9.81. The van der Waals surface area contributed by atoms with Crippen molar-refractivity contribution in [1.82, 2.24) is 0 Å². The van der Waals surface area contributed by atoms with Gasteiger partial charge in [0.15, 0.2) is 0 Å². The van der Waals surface area contributed by atoms with Gasteiger partial charge < -0.3 is 10.2 Å². The van der Waals surface area contributed by atoms with Gasteiger partial charge >= 0.3 is 0 Å². The van der Waals surface area contributed by atoms with Gasteiger partial charge in [-0.3, -0.25) is 0 Å². The van der Waals surface area contributed by atoms with Gasteiger partial charge in [-0.05, 0) is 72.2 Å². The first kappa shape index (κ1) is 14.4. The Kier molecular flexibility index (Phi) is 4.03. The second-order valence-electron chi connectivity index (χ2n) is 5.66. The molecule has 0 heterocycles. The van der Waals surface area contributed by atoms with Crippen molar-refractivity contribution in [2.45, 2.75) is 39.5 Å². The molecule has 0 saturated heterocycles. The Labute approximate surface area is 120 Å². The standard InChI is InChI=1S/C18H22O2/c1-11-9-15(19)5-7-17(11)13(3)14(4)18-8-6-16(20)10-12(18)2/h5-10,13-14,19-20H,1-4H3/t13-,14-/m1/s1. The fourth-order valence-electron chi connectivity index (χ4n) is 2.88. The zero-order valence-electron chi connectivity index (χ0n) is 12.5. The third-order valence-electron chi connectivity index (χ3n) is 4.24. The van der Waals surface area contributed by atoms with E-state index in [9.17, 15) is 10.2 Å². The molecular weight excluding hydrogens is 248 g/mol. The monoisotopic (exact) mass is 270 g/mol. The summed E-state index contributed by atoms with van der Waals surface area (Å²) < 4.78 is 0. The highest BCUT2D eigenvalue weighted by Crippen LogP contribution is 2.36. The first-order chi connectivity index (χ1) is 9.40. The van der Waals surface area contributed by atoms with E-state index in [1.807, 2.05) is 38.1 Å². The predicted molar refractivity (Wildman–Crippen MR) is 82.5 cm³/mol. The smallest absolute Gasteiger partial charge is 0.115 e. The molecule has 2 atom stereocenters. The Hall–Kier alpha value is -1.96. The van der Waals surface area contributed by atoms with E-state index in [2.05, 4.69) is 13.8 Å². The van der Waals surface area contributed by atoms with Gasteiger partial charge in [0.25, 0.3) is 0 Å². The van der Waals surface area contributed by atoms with Crippen LogP contribution < -0.4 is 0 Å². The van der Waals surface area contributed by atoms with Crippen molar-refractivity contribution in [2.75, 3.05) is 0 Å². The number of rotatable bonds is 3. The Balaban J connectivity index is 2.34. The molecular formula is C18H22O2. The summed E-state index contributed by atoms with van der Waals surface area (Å²) in [5, 5.41) is 19.0. The van der Waals surface area contributed by atoms with Crippen LogP contribution in [0, 0.1) is 13.8 Å². The number of hydrogen-bond donors (Lipinski definition) is 2. The molecule has 0 spiro atoms. The average molecular weight is 270 g/mol. The molecule has 2 heteroatoms. The molecule has 0 aliphatic rings. The molecule has 2 rings (SSSR count). The zero-order chi connectivity index (χ0) is 14.9. The van der Waals surface area contributed by atoms with Crippen LogP contribution in [0.3, 0.4) is 0 Å². The van der Waals surface area contributed by atoms with Gasteiger partial charge in [-0.25, -0.2) is 0 Å². The van der Waals surface area contributed by atoms with Gasteiger partial charge in [-0.2, -0.15) is 0 Å². The first-order valence-corrected chi connectivity index (χ1v) is 6.99. The highest BCUT2D eigenvalue weighted by Gasteiger charge is 2.19. The SMILES string of the molecule is Cc1cc(O)ccc1[C@H](C)[C@@H](C)c1ccc(O)cc1C. The third kappa shape index (κ3) is 2.79. The van der Waals surface area contributed by atoms with Crippen LogP contribution in [0.2, 0.25) is 0 Å². The second-order valence-corrected chi connectivity index (χ2v) is 5.66. The molecule has 2 N–H and O–H groups in total. The van der Waals surface area contributed by atoms with Gasteiger partial charge in [0.2, 0.25) is 0 Å². The fourth-order valence-corrected chi connectivity index (χ4v) is 2.88. The molecule has 0 fully saturated rings.